The second-order valence-electron chi connectivity index (χ2n) is 5.39. The molecule has 2 N–H and O–H groups in total. The van der Waals surface area contributed by atoms with Crippen LogP contribution in [-0.4, -0.2) is 17.6 Å². The number of phenols is 1. The summed E-state index contributed by atoms with van der Waals surface area (Å²) in [5, 5.41) is 12.5. The number of nitrogens with one attached hydrogen (secondary N) is 1. The molecule has 0 saturated heterocycles. The van der Waals surface area contributed by atoms with Gasteiger partial charge in [0.25, 0.3) is 0 Å². The lowest BCUT2D eigenvalue weighted by Crippen LogP contribution is -2.26. The molecule has 2 aromatic rings. The van der Waals surface area contributed by atoms with Crippen molar-refractivity contribution in [2.24, 2.45) is 0 Å². The molecule has 3 nitrogen and oxygen atoms in total. The van der Waals surface area contributed by atoms with Gasteiger partial charge in [-0.1, -0.05) is 37.3 Å². The molecule has 2 aromatic carbocycles. The van der Waals surface area contributed by atoms with Gasteiger partial charge in [-0.3, -0.25) is 4.79 Å². The molecule has 0 bridgehead atoms. The maximum Gasteiger partial charge on any atom is 0.220 e. The molecule has 22 heavy (non-hydrogen) atoms. The van der Waals surface area contributed by atoms with Crippen LogP contribution >= 0.6 is 0 Å². The molecule has 0 radical (unpaired) electrons. The predicted octanol–water partition coefficient (Wildman–Crippen LogP) is 3.38. The number of halogens is 1. The van der Waals surface area contributed by atoms with Crippen molar-refractivity contribution in [2.75, 3.05) is 6.54 Å². The van der Waals surface area contributed by atoms with Crippen LogP contribution in [0.4, 0.5) is 4.39 Å². The fraction of sp³-hybridized carbons (Fsp3) is 0.278. The molecule has 0 aliphatic rings. The lowest BCUT2D eigenvalue weighted by molar-refractivity contribution is -0.121. The Hall–Kier alpha value is -2.36. The lowest BCUT2D eigenvalue weighted by atomic mass is 9.97. The first-order valence-electron chi connectivity index (χ1n) is 7.35. The summed E-state index contributed by atoms with van der Waals surface area (Å²) >= 11 is 0. The van der Waals surface area contributed by atoms with E-state index >= 15 is 0 Å². The number of rotatable bonds is 6. The fourth-order valence-corrected chi connectivity index (χ4v) is 2.32. The van der Waals surface area contributed by atoms with Crippen molar-refractivity contribution in [1.29, 1.82) is 0 Å². The Morgan fingerprint density at radius 1 is 1.18 bits per heavy atom. The van der Waals surface area contributed by atoms with Crippen LogP contribution in [0.1, 0.15) is 30.4 Å². The molecule has 2 rings (SSSR count). The second-order valence-corrected chi connectivity index (χ2v) is 5.39. The zero-order chi connectivity index (χ0) is 15.9. The van der Waals surface area contributed by atoms with E-state index in [2.05, 4.69) is 5.32 Å². The number of hydrogen-bond donors (Lipinski definition) is 2. The van der Waals surface area contributed by atoms with Gasteiger partial charge < -0.3 is 10.4 Å². The maximum absolute atomic E-state index is 12.9. The molecule has 0 heterocycles. The third-order valence-electron chi connectivity index (χ3n) is 3.64. The molecule has 0 aliphatic carbocycles. The number of carbonyl (C=O) groups excluding carboxylic acids is 1. The molecule has 1 unspecified atom stereocenters. The van der Waals surface area contributed by atoms with Crippen molar-refractivity contribution >= 4 is 5.91 Å². The van der Waals surface area contributed by atoms with E-state index < -0.39 is 0 Å². The Balaban J connectivity index is 1.78. The van der Waals surface area contributed by atoms with Crippen LogP contribution in [0.25, 0.3) is 0 Å². The monoisotopic (exact) mass is 301 g/mol. The zero-order valence-electron chi connectivity index (χ0n) is 12.6. The van der Waals surface area contributed by atoms with Gasteiger partial charge in [-0.15, -0.1) is 0 Å². The summed E-state index contributed by atoms with van der Waals surface area (Å²) in [5.41, 5.74) is 1.76. The number of hydrogen-bond acceptors (Lipinski definition) is 2. The molecule has 0 aromatic heterocycles. The summed E-state index contributed by atoms with van der Waals surface area (Å²) in [6, 6.07) is 13.3. The third-order valence-corrected chi connectivity index (χ3v) is 3.64. The first-order chi connectivity index (χ1) is 10.6. The number of benzene rings is 2. The number of amides is 1. The van der Waals surface area contributed by atoms with Gasteiger partial charge >= 0.3 is 0 Å². The van der Waals surface area contributed by atoms with E-state index in [9.17, 15) is 14.3 Å². The van der Waals surface area contributed by atoms with E-state index in [-0.39, 0.29) is 23.4 Å². The fourth-order valence-electron chi connectivity index (χ4n) is 2.32. The molecular weight excluding hydrogens is 281 g/mol. The van der Waals surface area contributed by atoms with Crippen LogP contribution in [0.2, 0.25) is 0 Å². The van der Waals surface area contributed by atoms with E-state index in [4.69, 9.17) is 0 Å². The van der Waals surface area contributed by atoms with Gasteiger partial charge in [0, 0.05) is 13.0 Å². The summed E-state index contributed by atoms with van der Waals surface area (Å²) < 4.78 is 12.9. The second kappa shape index (κ2) is 7.59. The molecule has 116 valence electrons. The van der Waals surface area contributed by atoms with E-state index in [1.165, 1.54) is 12.1 Å². The molecule has 0 fully saturated rings. The smallest absolute Gasteiger partial charge is 0.220 e. The summed E-state index contributed by atoms with van der Waals surface area (Å²) in [5.74, 6) is -0.0440. The van der Waals surface area contributed by atoms with Gasteiger partial charge in [0.1, 0.15) is 11.6 Å². The van der Waals surface area contributed by atoms with Gasteiger partial charge in [0.05, 0.1) is 0 Å². The first kappa shape index (κ1) is 16.0. The maximum atomic E-state index is 12.9. The van der Waals surface area contributed by atoms with E-state index in [0.717, 1.165) is 11.1 Å². The van der Waals surface area contributed by atoms with Crippen LogP contribution in [-0.2, 0) is 11.2 Å². The minimum absolute atomic E-state index is 0.0331. The van der Waals surface area contributed by atoms with Crippen LogP contribution in [0, 0.1) is 5.82 Å². The summed E-state index contributed by atoms with van der Waals surface area (Å²) in [6.07, 6.45) is 0.940. The normalized spacial score (nSPS) is 11.9. The Morgan fingerprint density at radius 3 is 2.55 bits per heavy atom. The Bertz CT molecular complexity index is 625. The van der Waals surface area contributed by atoms with Crippen molar-refractivity contribution in [1.82, 2.24) is 5.32 Å². The average Bonchev–Trinajstić information content (AvgIpc) is 2.50. The SMILES string of the molecule is CC(CC(=O)NCCc1ccccc1O)c1ccc(F)cc1. The standard InChI is InChI=1S/C18H20FNO2/c1-13(14-6-8-16(19)9-7-14)12-18(22)20-11-10-15-4-2-3-5-17(15)21/h2-9,13,21H,10-12H2,1H3,(H,20,22). The number of carbonyl (C=O) groups is 1. The molecule has 1 atom stereocenters. The van der Waals surface area contributed by atoms with Crippen molar-refractivity contribution < 1.29 is 14.3 Å². The van der Waals surface area contributed by atoms with E-state index in [1.54, 1.807) is 24.3 Å². The highest BCUT2D eigenvalue weighted by atomic mass is 19.1. The Labute approximate surface area is 129 Å². The topological polar surface area (TPSA) is 49.3 Å². The summed E-state index contributed by atoms with van der Waals surface area (Å²) in [7, 11) is 0. The number of para-hydroxylation sites is 1. The van der Waals surface area contributed by atoms with Gasteiger partial charge in [0.2, 0.25) is 5.91 Å². The van der Waals surface area contributed by atoms with Crippen LogP contribution in [0.5, 0.6) is 5.75 Å². The van der Waals surface area contributed by atoms with E-state index in [0.29, 0.717) is 19.4 Å². The summed E-state index contributed by atoms with van der Waals surface area (Å²) in [4.78, 5) is 11.9. The van der Waals surface area contributed by atoms with Gasteiger partial charge in [-0.05, 0) is 41.7 Å². The quantitative estimate of drug-likeness (QED) is 0.859. The minimum Gasteiger partial charge on any atom is -0.508 e. The van der Waals surface area contributed by atoms with Crippen LogP contribution in [0.3, 0.4) is 0 Å². The largest absolute Gasteiger partial charge is 0.508 e. The third kappa shape index (κ3) is 4.58. The highest BCUT2D eigenvalue weighted by Crippen LogP contribution is 2.19. The van der Waals surface area contributed by atoms with Gasteiger partial charge in [-0.25, -0.2) is 4.39 Å². The Kier molecular flexibility index (Phi) is 5.53. The number of aromatic hydroxyl groups is 1. The summed E-state index contributed by atoms with van der Waals surface area (Å²) in [6.45, 7) is 2.42. The van der Waals surface area contributed by atoms with Crippen molar-refractivity contribution in [3.8, 4) is 5.75 Å². The molecular formula is C18H20FNO2. The van der Waals surface area contributed by atoms with E-state index in [1.807, 2.05) is 19.1 Å². The molecule has 4 heteroatoms. The predicted molar refractivity (Wildman–Crippen MR) is 84.3 cm³/mol. The van der Waals surface area contributed by atoms with Crippen LogP contribution < -0.4 is 5.32 Å². The highest BCUT2D eigenvalue weighted by Gasteiger charge is 2.11. The highest BCUT2D eigenvalue weighted by molar-refractivity contribution is 5.76. The molecule has 0 spiro atoms. The van der Waals surface area contributed by atoms with Crippen molar-refractivity contribution in [3.63, 3.8) is 0 Å². The van der Waals surface area contributed by atoms with Gasteiger partial charge in [0.15, 0.2) is 0 Å². The first-order valence-corrected chi connectivity index (χ1v) is 7.35. The minimum atomic E-state index is -0.275. The Morgan fingerprint density at radius 2 is 1.86 bits per heavy atom. The average molecular weight is 301 g/mol. The van der Waals surface area contributed by atoms with Crippen LogP contribution in [0.15, 0.2) is 48.5 Å². The molecule has 1 amide bonds. The number of phenolic OH excluding ortho intramolecular Hbond substituents is 1. The lowest BCUT2D eigenvalue weighted by Gasteiger charge is -2.12. The van der Waals surface area contributed by atoms with Crippen molar-refractivity contribution in [2.45, 2.75) is 25.7 Å². The van der Waals surface area contributed by atoms with Gasteiger partial charge in [-0.2, -0.15) is 0 Å². The zero-order valence-corrected chi connectivity index (χ0v) is 12.6. The molecule has 0 saturated carbocycles. The van der Waals surface area contributed by atoms with Crippen molar-refractivity contribution in [3.05, 3.63) is 65.5 Å². The molecule has 0 aliphatic heterocycles.